The van der Waals surface area contributed by atoms with Crippen LogP contribution in [0.15, 0.2) is 42.2 Å². The molecule has 128 valence electrons. The van der Waals surface area contributed by atoms with Crippen molar-refractivity contribution in [2.24, 2.45) is 0 Å². The van der Waals surface area contributed by atoms with Crippen LogP contribution in [0, 0.1) is 0 Å². The lowest BCUT2D eigenvalue weighted by Crippen LogP contribution is -2.35. The molecule has 1 fully saturated rings. The number of thiazole rings is 1. The summed E-state index contributed by atoms with van der Waals surface area (Å²) in [5, 5.41) is 5.05. The van der Waals surface area contributed by atoms with Gasteiger partial charge in [0.15, 0.2) is 0 Å². The Labute approximate surface area is 150 Å². The van der Waals surface area contributed by atoms with Gasteiger partial charge in [-0.3, -0.25) is 14.7 Å². The van der Waals surface area contributed by atoms with Crippen LogP contribution in [0.3, 0.4) is 0 Å². The van der Waals surface area contributed by atoms with Crippen molar-refractivity contribution in [1.29, 1.82) is 0 Å². The molecule has 2 aromatic heterocycles. The highest BCUT2D eigenvalue weighted by atomic mass is 32.1. The third-order valence-electron chi connectivity index (χ3n) is 4.74. The maximum Gasteiger partial charge on any atom is 0.239 e. The number of anilines is 1. The number of hydrogen-bond donors (Lipinski definition) is 1. The number of amides is 1. The number of aromatic nitrogens is 2. The molecule has 3 aromatic rings. The van der Waals surface area contributed by atoms with Gasteiger partial charge in [0, 0.05) is 23.8 Å². The number of carbonyl (C=O) groups excluding carboxylic acids is 1. The van der Waals surface area contributed by atoms with E-state index in [9.17, 15) is 4.79 Å². The summed E-state index contributed by atoms with van der Waals surface area (Å²) >= 11 is 1.62. The smallest absolute Gasteiger partial charge is 0.239 e. The van der Waals surface area contributed by atoms with Crippen molar-refractivity contribution >= 4 is 33.8 Å². The van der Waals surface area contributed by atoms with E-state index in [1.54, 1.807) is 17.5 Å². The van der Waals surface area contributed by atoms with Gasteiger partial charge in [-0.1, -0.05) is 12.1 Å². The molecule has 6 heteroatoms. The van der Waals surface area contributed by atoms with Crippen LogP contribution in [0.25, 0.3) is 21.2 Å². The number of nitrogens with one attached hydrogen (secondary N) is 1. The Morgan fingerprint density at radius 3 is 3.00 bits per heavy atom. The zero-order valence-electron chi connectivity index (χ0n) is 14.1. The summed E-state index contributed by atoms with van der Waals surface area (Å²) in [6.45, 7) is 3.61. The van der Waals surface area contributed by atoms with Crippen molar-refractivity contribution in [2.45, 2.75) is 25.8 Å². The number of carbonyl (C=O) groups is 1. The molecule has 1 amide bonds. The summed E-state index contributed by atoms with van der Waals surface area (Å²) in [7, 11) is 0. The van der Waals surface area contributed by atoms with Gasteiger partial charge in [0.25, 0.3) is 0 Å². The first kappa shape index (κ1) is 16.2. The highest BCUT2D eigenvalue weighted by Crippen LogP contribution is 2.27. The highest BCUT2D eigenvalue weighted by molar-refractivity contribution is 7.13. The van der Waals surface area contributed by atoms with Crippen LogP contribution < -0.4 is 5.32 Å². The fourth-order valence-corrected chi connectivity index (χ4v) is 3.94. The molecular weight excluding hydrogens is 332 g/mol. The third kappa shape index (κ3) is 3.55. The van der Waals surface area contributed by atoms with E-state index in [0.29, 0.717) is 18.4 Å². The van der Waals surface area contributed by atoms with Crippen molar-refractivity contribution in [3.05, 3.63) is 42.2 Å². The Morgan fingerprint density at radius 2 is 2.24 bits per heavy atom. The number of fused-ring (bicyclic) bond motifs is 1. The normalized spacial score (nSPS) is 17.9. The third-order valence-corrected chi connectivity index (χ3v) is 5.57. The standard InChI is InChI=1S/C19H20N4OS/c1-13-3-2-6-23(13)11-19(24)22-18-8-16-7-14(17-10-20-12-25-17)4-5-15(16)9-21-18/h4-5,7-10,12-13H,2-3,6,11H2,1H3,(H,21,22,24)/t13-/m1/s1. The maximum absolute atomic E-state index is 12.3. The van der Waals surface area contributed by atoms with Crippen molar-refractivity contribution < 1.29 is 4.79 Å². The van der Waals surface area contributed by atoms with E-state index in [0.717, 1.165) is 27.8 Å². The lowest BCUT2D eigenvalue weighted by Gasteiger charge is -2.19. The molecule has 0 unspecified atom stereocenters. The van der Waals surface area contributed by atoms with Gasteiger partial charge in [0.2, 0.25) is 5.91 Å². The molecule has 25 heavy (non-hydrogen) atoms. The number of nitrogens with zero attached hydrogens (tertiary/aromatic N) is 3. The summed E-state index contributed by atoms with van der Waals surface area (Å²) in [6, 6.07) is 8.66. The van der Waals surface area contributed by atoms with E-state index in [4.69, 9.17) is 0 Å². The molecule has 5 nitrogen and oxygen atoms in total. The van der Waals surface area contributed by atoms with Crippen LogP contribution in [0.2, 0.25) is 0 Å². The van der Waals surface area contributed by atoms with Crippen LogP contribution in [-0.2, 0) is 4.79 Å². The molecule has 1 aromatic carbocycles. The van der Waals surface area contributed by atoms with Gasteiger partial charge in [-0.25, -0.2) is 4.98 Å². The van der Waals surface area contributed by atoms with Crippen LogP contribution in [0.1, 0.15) is 19.8 Å². The van der Waals surface area contributed by atoms with Gasteiger partial charge in [-0.2, -0.15) is 0 Å². The van der Waals surface area contributed by atoms with Crippen molar-refractivity contribution in [3.8, 4) is 10.4 Å². The molecular formula is C19H20N4OS. The average Bonchev–Trinajstić information content (AvgIpc) is 3.27. The molecule has 4 rings (SSSR count). The van der Waals surface area contributed by atoms with E-state index in [2.05, 4.69) is 45.3 Å². The zero-order valence-corrected chi connectivity index (χ0v) is 14.9. The molecule has 0 saturated carbocycles. The van der Waals surface area contributed by atoms with Crippen LogP contribution >= 0.6 is 11.3 Å². The number of hydrogen-bond acceptors (Lipinski definition) is 5. The lowest BCUT2D eigenvalue weighted by molar-refractivity contribution is -0.117. The van der Waals surface area contributed by atoms with Crippen LogP contribution in [0.4, 0.5) is 5.82 Å². The minimum absolute atomic E-state index is 0.000730. The fraction of sp³-hybridized carbons (Fsp3) is 0.316. The van der Waals surface area contributed by atoms with Gasteiger partial charge >= 0.3 is 0 Å². The minimum atomic E-state index is -0.000730. The Kier molecular flexibility index (Phi) is 4.46. The van der Waals surface area contributed by atoms with E-state index >= 15 is 0 Å². The highest BCUT2D eigenvalue weighted by Gasteiger charge is 2.22. The zero-order chi connectivity index (χ0) is 17.2. The van der Waals surface area contributed by atoms with Gasteiger partial charge in [0.1, 0.15) is 5.82 Å². The monoisotopic (exact) mass is 352 g/mol. The Hall–Kier alpha value is -2.31. The average molecular weight is 352 g/mol. The molecule has 1 N–H and O–H groups in total. The SMILES string of the molecule is C[C@@H]1CCCN1CC(=O)Nc1cc2cc(-c3cncs3)ccc2cn1. The summed E-state index contributed by atoms with van der Waals surface area (Å²) in [5.74, 6) is 0.602. The maximum atomic E-state index is 12.3. The second-order valence-electron chi connectivity index (χ2n) is 6.51. The summed E-state index contributed by atoms with van der Waals surface area (Å²) in [6.07, 6.45) is 6.01. The largest absolute Gasteiger partial charge is 0.310 e. The van der Waals surface area contributed by atoms with Crippen molar-refractivity contribution in [3.63, 3.8) is 0 Å². The molecule has 1 aliphatic heterocycles. The Morgan fingerprint density at radius 1 is 1.32 bits per heavy atom. The minimum Gasteiger partial charge on any atom is -0.310 e. The molecule has 1 saturated heterocycles. The van der Waals surface area contributed by atoms with Crippen LogP contribution in [0.5, 0.6) is 0 Å². The summed E-state index contributed by atoms with van der Waals surface area (Å²) in [5.41, 5.74) is 2.96. The first-order valence-corrected chi connectivity index (χ1v) is 9.39. The summed E-state index contributed by atoms with van der Waals surface area (Å²) in [4.78, 5) is 24.2. The number of benzene rings is 1. The molecule has 3 heterocycles. The predicted octanol–water partition coefficient (Wildman–Crippen LogP) is 3.78. The van der Waals surface area contributed by atoms with E-state index < -0.39 is 0 Å². The number of rotatable bonds is 4. The molecule has 0 bridgehead atoms. The first-order valence-electron chi connectivity index (χ1n) is 8.51. The van der Waals surface area contributed by atoms with Crippen LogP contribution in [-0.4, -0.2) is 39.9 Å². The Bertz CT molecular complexity index is 894. The van der Waals surface area contributed by atoms with Gasteiger partial charge < -0.3 is 5.32 Å². The first-order chi connectivity index (χ1) is 12.2. The molecule has 1 atom stereocenters. The van der Waals surface area contributed by atoms with Gasteiger partial charge in [0.05, 0.1) is 16.9 Å². The van der Waals surface area contributed by atoms with E-state index in [-0.39, 0.29) is 5.91 Å². The topological polar surface area (TPSA) is 58.1 Å². The molecule has 0 spiro atoms. The van der Waals surface area contributed by atoms with Gasteiger partial charge in [-0.05, 0) is 49.4 Å². The fourth-order valence-electron chi connectivity index (χ4n) is 3.32. The number of pyridine rings is 1. The second kappa shape index (κ2) is 6.90. The van der Waals surface area contributed by atoms with E-state index in [1.165, 1.54) is 12.8 Å². The molecule has 0 radical (unpaired) electrons. The predicted molar refractivity (Wildman–Crippen MR) is 102 cm³/mol. The quantitative estimate of drug-likeness (QED) is 0.776. The molecule has 0 aliphatic carbocycles. The summed E-state index contributed by atoms with van der Waals surface area (Å²) < 4.78 is 0. The second-order valence-corrected chi connectivity index (χ2v) is 7.39. The lowest BCUT2D eigenvalue weighted by atomic mass is 10.1. The van der Waals surface area contributed by atoms with Crippen molar-refractivity contribution in [2.75, 3.05) is 18.4 Å². The molecule has 1 aliphatic rings. The Balaban J connectivity index is 1.52. The van der Waals surface area contributed by atoms with Gasteiger partial charge in [-0.15, -0.1) is 11.3 Å². The van der Waals surface area contributed by atoms with E-state index in [1.807, 2.05) is 17.8 Å². The van der Waals surface area contributed by atoms with Crippen molar-refractivity contribution in [1.82, 2.24) is 14.9 Å². The number of likely N-dealkylation sites (tertiary alicyclic amines) is 1.